The number of hydrogen-bond acceptors (Lipinski definition) is 6. The number of ether oxygens (including phenoxy) is 1. The van der Waals surface area contributed by atoms with E-state index in [0.29, 0.717) is 37.5 Å². The van der Waals surface area contributed by atoms with E-state index in [2.05, 4.69) is 32.4 Å². The fourth-order valence-corrected chi connectivity index (χ4v) is 4.65. The van der Waals surface area contributed by atoms with Crippen molar-refractivity contribution in [1.29, 1.82) is 0 Å². The second kappa shape index (κ2) is 10.3. The Bertz CT molecular complexity index is 1470. The summed E-state index contributed by atoms with van der Waals surface area (Å²) in [4.78, 5) is 36.6. The highest BCUT2D eigenvalue weighted by molar-refractivity contribution is 6.04. The van der Waals surface area contributed by atoms with Crippen molar-refractivity contribution in [3.05, 3.63) is 66.4 Å². The third-order valence-electron chi connectivity index (χ3n) is 6.57. The number of rotatable bonds is 7. The maximum absolute atomic E-state index is 13.0. The summed E-state index contributed by atoms with van der Waals surface area (Å²) in [6.07, 6.45) is 10.1. The lowest BCUT2D eigenvalue weighted by atomic mass is 9.94. The summed E-state index contributed by atoms with van der Waals surface area (Å²) >= 11 is 0. The van der Waals surface area contributed by atoms with Gasteiger partial charge in [-0.25, -0.2) is 0 Å². The maximum atomic E-state index is 13.0. The average Bonchev–Trinajstić information content (AvgIpc) is 3.60. The molecule has 10 heteroatoms. The molecule has 0 saturated heterocycles. The summed E-state index contributed by atoms with van der Waals surface area (Å²) in [7, 11) is 5.08. The Kier molecular flexibility index (Phi) is 6.72. The van der Waals surface area contributed by atoms with Crippen molar-refractivity contribution in [3.63, 3.8) is 0 Å². The molecular formula is C27H29N7O3. The van der Waals surface area contributed by atoms with E-state index in [-0.39, 0.29) is 11.8 Å². The smallest absolute Gasteiger partial charge is 0.269 e. The van der Waals surface area contributed by atoms with Gasteiger partial charge >= 0.3 is 0 Å². The standard InChI is InChI=1S/C27H29N7O3/c1-32(2)27(36)24-15-22-21(20-6-8-28-16-25(20)37-3)13-19(14-23(22)30-24)18-5-4-10-33(17-18)26(35)7-11-34-12-9-29-31-34/h5-6,8-9,12-16,30H,4,7,10-11,17H2,1-3H3. The van der Waals surface area contributed by atoms with Crippen LogP contribution in [-0.2, 0) is 11.3 Å². The zero-order valence-electron chi connectivity index (χ0n) is 21.1. The van der Waals surface area contributed by atoms with Gasteiger partial charge in [0, 0.05) is 62.5 Å². The predicted molar refractivity (Wildman–Crippen MR) is 140 cm³/mol. The molecule has 0 unspecified atom stereocenters. The second-order valence-electron chi connectivity index (χ2n) is 9.19. The lowest BCUT2D eigenvalue weighted by molar-refractivity contribution is -0.131. The number of carbonyl (C=O) groups is 2. The molecule has 0 atom stereocenters. The number of aromatic amines is 1. The largest absolute Gasteiger partial charge is 0.494 e. The van der Waals surface area contributed by atoms with E-state index in [1.54, 1.807) is 55.6 Å². The molecule has 10 nitrogen and oxygen atoms in total. The molecule has 0 radical (unpaired) electrons. The van der Waals surface area contributed by atoms with Crippen LogP contribution in [0.3, 0.4) is 0 Å². The van der Waals surface area contributed by atoms with E-state index >= 15 is 0 Å². The molecule has 4 aromatic rings. The summed E-state index contributed by atoms with van der Waals surface area (Å²) in [5, 5.41) is 8.65. The highest BCUT2D eigenvalue weighted by atomic mass is 16.5. The summed E-state index contributed by atoms with van der Waals surface area (Å²) in [6.45, 7) is 1.69. The summed E-state index contributed by atoms with van der Waals surface area (Å²) in [6, 6.07) is 7.94. The van der Waals surface area contributed by atoms with Crippen LogP contribution in [0.2, 0.25) is 0 Å². The van der Waals surface area contributed by atoms with Gasteiger partial charge in [-0.2, -0.15) is 0 Å². The van der Waals surface area contributed by atoms with E-state index in [4.69, 9.17) is 4.74 Å². The normalized spacial score (nSPS) is 13.5. The van der Waals surface area contributed by atoms with Gasteiger partial charge in [0.25, 0.3) is 5.91 Å². The zero-order chi connectivity index (χ0) is 25.9. The van der Waals surface area contributed by atoms with Crippen LogP contribution in [0.15, 0.2) is 55.1 Å². The van der Waals surface area contributed by atoms with Crippen LogP contribution in [0, 0.1) is 0 Å². The Morgan fingerprint density at radius 1 is 1.16 bits per heavy atom. The quantitative estimate of drug-likeness (QED) is 0.418. The van der Waals surface area contributed by atoms with Gasteiger partial charge in [-0.15, -0.1) is 5.10 Å². The monoisotopic (exact) mass is 499 g/mol. The van der Waals surface area contributed by atoms with E-state index in [0.717, 1.165) is 39.6 Å². The number of pyridine rings is 1. The average molecular weight is 500 g/mol. The van der Waals surface area contributed by atoms with Gasteiger partial charge < -0.3 is 19.5 Å². The first-order valence-electron chi connectivity index (χ1n) is 12.1. The molecule has 1 aromatic carbocycles. The minimum Gasteiger partial charge on any atom is -0.494 e. The highest BCUT2D eigenvalue weighted by Crippen LogP contribution is 2.38. The first-order chi connectivity index (χ1) is 17.9. The Morgan fingerprint density at radius 2 is 2.03 bits per heavy atom. The molecule has 1 aliphatic heterocycles. The van der Waals surface area contributed by atoms with Crippen LogP contribution in [-0.4, -0.2) is 80.9 Å². The van der Waals surface area contributed by atoms with Crippen molar-refractivity contribution >= 4 is 28.3 Å². The second-order valence-corrected chi connectivity index (χ2v) is 9.19. The van der Waals surface area contributed by atoms with Crippen molar-refractivity contribution in [2.24, 2.45) is 0 Å². The number of H-pyrrole nitrogens is 1. The SMILES string of the molecule is COc1cnccc1-c1cc(C2=CCCN(C(=O)CCn3ccnn3)C2)cc2[nH]c(C(=O)N(C)C)cc12. The number of benzene rings is 1. The minimum absolute atomic E-state index is 0.0805. The third-order valence-corrected chi connectivity index (χ3v) is 6.57. The van der Waals surface area contributed by atoms with Crippen LogP contribution in [0.4, 0.5) is 0 Å². The number of nitrogens with zero attached hydrogens (tertiary/aromatic N) is 6. The molecule has 0 bridgehead atoms. The molecule has 0 fully saturated rings. The number of carbonyl (C=O) groups excluding carboxylic acids is 2. The molecule has 1 N–H and O–H groups in total. The third kappa shape index (κ3) is 4.95. The van der Waals surface area contributed by atoms with Gasteiger partial charge in [0.05, 0.1) is 26.0 Å². The minimum atomic E-state index is -0.105. The molecule has 2 amide bonds. The van der Waals surface area contributed by atoms with Crippen LogP contribution in [0.1, 0.15) is 28.9 Å². The Hall–Kier alpha value is -4.47. The first kappa shape index (κ1) is 24.2. The molecule has 0 aliphatic carbocycles. The summed E-state index contributed by atoms with van der Waals surface area (Å²) < 4.78 is 7.27. The molecule has 1 aliphatic rings. The molecule has 190 valence electrons. The number of methoxy groups -OCH3 is 1. The first-order valence-corrected chi connectivity index (χ1v) is 12.1. The van der Waals surface area contributed by atoms with E-state index in [1.165, 1.54) is 0 Å². The predicted octanol–water partition coefficient (Wildman–Crippen LogP) is 3.24. The van der Waals surface area contributed by atoms with Crippen molar-refractivity contribution in [2.45, 2.75) is 19.4 Å². The lowest BCUT2D eigenvalue weighted by Gasteiger charge is -2.28. The Labute approximate surface area is 214 Å². The molecule has 3 aromatic heterocycles. The molecular weight excluding hydrogens is 470 g/mol. The van der Waals surface area contributed by atoms with Crippen LogP contribution in [0.25, 0.3) is 27.6 Å². The Balaban J connectivity index is 1.51. The van der Waals surface area contributed by atoms with Crippen LogP contribution < -0.4 is 4.74 Å². The molecule has 5 rings (SSSR count). The fraction of sp³-hybridized carbons (Fsp3) is 0.296. The lowest BCUT2D eigenvalue weighted by Crippen LogP contribution is -2.35. The number of nitrogens with one attached hydrogen (secondary N) is 1. The Morgan fingerprint density at radius 3 is 2.78 bits per heavy atom. The zero-order valence-corrected chi connectivity index (χ0v) is 21.1. The molecule has 0 spiro atoms. The summed E-state index contributed by atoms with van der Waals surface area (Å²) in [5.41, 5.74) is 5.20. The van der Waals surface area contributed by atoms with E-state index in [1.807, 2.05) is 23.1 Å². The van der Waals surface area contributed by atoms with Gasteiger partial charge in [-0.3, -0.25) is 19.3 Å². The molecule has 0 saturated carbocycles. The number of hydrogen-bond donors (Lipinski definition) is 1. The molecule has 4 heterocycles. The maximum Gasteiger partial charge on any atom is 0.269 e. The van der Waals surface area contributed by atoms with Crippen molar-refractivity contribution < 1.29 is 14.3 Å². The van der Waals surface area contributed by atoms with Gasteiger partial charge in [0.15, 0.2) is 0 Å². The van der Waals surface area contributed by atoms with Crippen molar-refractivity contribution in [2.75, 3.05) is 34.3 Å². The fourth-order valence-electron chi connectivity index (χ4n) is 4.65. The number of fused-ring (bicyclic) bond motifs is 1. The van der Waals surface area contributed by atoms with Crippen molar-refractivity contribution in [1.82, 2.24) is 34.8 Å². The van der Waals surface area contributed by atoms with Crippen LogP contribution in [0.5, 0.6) is 5.75 Å². The number of amides is 2. The molecule has 37 heavy (non-hydrogen) atoms. The van der Waals surface area contributed by atoms with E-state index in [9.17, 15) is 9.59 Å². The summed E-state index contributed by atoms with van der Waals surface area (Å²) in [5.74, 6) is 0.619. The van der Waals surface area contributed by atoms with Crippen molar-refractivity contribution in [3.8, 4) is 16.9 Å². The number of aryl methyl sites for hydroxylation is 1. The van der Waals surface area contributed by atoms with Gasteiger partial charge in [-0.1, -0.05) is 11.3 Å². The van der Waals surface area contributed by atoms with Crippen LogP contribution >= 0.6 is 0 Å². The highest BCUT2D eigenvalue weighted by Gasteiger charge is 2.22. The van der Waals surface area contributed by atoms with E-state index < -0.39 is 0 Å². The van der Waals surface area contributed by atoms with Gasteiger partial charge in [0.1, 0.15) is 11.4 Å². The van der Waals surface area contributed by atoms with Gasteiger partial charge in [0.2, 0.25) is 5.91 Å². The number of aromatic nitrogens is 5. The van der Waals surface area contributed by atoms with Gasteiger partial charge in [-0.05, 0) is 47.4 Å². The topological polar surface area (TPSA) is 109 Å².